The van der Waals surface area contributed by atoms with Crippen molar-refractivity contribution in [2.75, 3.05) is 31.1 Å². The number of hydrogen-bond acceptors (Lipinski definition) is 5. The van der Waals surface area contributed by atoms with Crippen molar-refractivity contribution < 1.29 is 9.72 Å². The summed E-state index contributed by atoms with van der Waals surface area (Å²) in [6.07, 6.45) is 1.25. The maximum atomic E-state index is 13.5. The number of non-ortho nitro benzene ring substituents is 1. The fraction of sp³-hybridized carbons (Fsp3) is 0.321. The van der Waals surface area contributed by atoms with E-state index in [1.54, 1.807) is 12.1 Å². The van der Waals surface area contributed by atoms with Crippen LogP contribution < -0.4 is 10.2 Å². The molecule has 1 amide bonds. The lowest BCUT2D eigenvalue weighted by Crippen LogP contribution is -2.61. The van der Waals surface area contributed by atoms with Crippen molar-refractivity contribution in [3.8, 4) is 0 Å². The number of nitro groups is 1. The Hall–Kier alpha value is -3.42. The third-order valence-electron chi connectivity index (χ3n) is 7.20. The van der Waals surface area contributed by atoms with E-state index in [1.807, 2.05) is 48.5 Å². The molecule has 5 rings (SSSR count). The Labute approximate surface area is 215 Å². The molecule has 2 aliphatic heterocycles. The number of nitrogens with one attached hydrogen (secondary N) is 1. The summed E-state index contributed by atoms with van der Waals surface area (Å²) in [6.45, 7) is 3.70. The highest BCUT2D eigenvalue weighted by atomic mass is 35.5. The smallest absolute Gasteiger partial charge is 0.269 e. The van der Waals surface area contributed by atoms with Crippen molar-refractivity contribution in [2.24, 2.45) is 5.92 Å². The Balaban J connectivity index is 1.35. The Morgan fingerprint density at radius 3 is 2.56 bits per heavy atom. The lowest BCUT2D eigenvalue weighted by molar-refractivity contribution is -0.384. The molecule has 3 aromatic carbocycles. The normalized spacial score (nSPS) is 19.3. The molecule has 0 saturated carbocycles. The number of carbonyl (C=O) groups excluding carboxylic acids is 1. The van der Waals surface area contributed by atoms with Gasteiger partial charge in [-0.25, -0.2) is 0 Å². The van der Waals surface area contributed by atoms with Crippen LogP contribution in [0.25, 0.3) is 0 Å². The van der Waals surface area contributed by atoms with Gasteiger partial charge >= 0.3 is 0 Å². The number of rotatable bonds is 7. The number of piperazine rings is 1. The van der Waals surface area contributed by atoms with E-state index in [2.05, 4.69) is 27.2 Å². The van der Waals surface area contributed by atoms with Crippen molar-refractivity contribution >= 4 is 28.9 Å². The number of nitrogens with zero attached hydrogens (tertiary/aromatic N) is 3. The van der Waals surface area contributed by atoms with Gasteiger partial charge in [0.1, 0.15) is 0 Å². The molecule has 3 aromatic rings. The van der Waals surface area contributed by atoms with Crippen LogP contribution in [0.4, 0.5) is 11.4 Å². The summed E-state index contributed by atoms with van der Waals surface area (Å²) >= 11 is 6.05. The van der Waals surface area contributed by atoms with Gasteiger partial charge < -0.3 is 10.2 Å². The summed E-state index contributed by atoms with van der Waals surface area (Å²) in [5.41, 5.74) is 4.30. The molecule has 0 radical (unpaired) electrons. The lowest BCUT2D eigenvalue weighted by Gasteiger charge is -2.49. The fourth-order valence-corrected chi connectivity index (χ4v) is 5.51. The molecule has 0 spiro atoms. The first-order chi connectivity index (χ1) is 17.5. The number of halogens is 1. The largest absolute Gasteiger partial charge is 0.365 e. The van der Waals surface area contributed by atoms with Gasteiger partial charge in [0.25, 0.3) is 5.69 Å². The van der Waals surface area contributed by atoms with Crippen molar-refractivity contribution in [1.82, 2.24) is 10.2 Å². The SMILES string of the molecule is O=C(NCCc1ccccc1)C1Cc2cc([N+](=O)[O-])ccc2N2CCN(Cc3ccc(Cl)cc3)CC12. The van der Waals surface area contributed by atoms with E-state index in [1.165, 1.54) is 11.1 Å². The Kier molecular flexibility index (Phi) is 7.20. The highest BCUT2D eigenvalue weighted by Gasteiger charge is 2.41. The van der Waals surface area contributed by atoms with E-state index in [4.69, 9.17) is 11.6 Å². The molecule has 2 atom stereocenters. The van der Waals surface area contributed by atoms with Crippen LogP contribution in [0, 0.1) is 16.0 Å². The summed E-state index contributed by atoms with van der Waals surface area (Å²) in [7, 11) is 0. The van der Waals surface area contributed by atoms with Crippen molar-refractivity contribution in [3.05, 3.63) is 105 Å². The van der Waals surface area contributed by atoms with E-state index in [0.717, 1.165) is 43.9 Å². The van der Waals surface area contributed by atoms with Crippen LogP contribution in [0.1, 0.15) is 16.7 Å². The monoisotopic (exact) mass is 504 g/mol. The van der Waals surface area contributed by atoms with Crippen molar-refractivity contribution in [2.45, 2.75) is 25.4 Å². The molecule has 1 fully saturated rings. The molecule has 1 saturated heterocycles. The Morgan fingerprint density at radius 1 is 1.03 bits per heavy atom. The average molecular weight is 505 g/mol. The minimum Gasteiger partial charge on any atom is -0.365 e. The van der Waals surface area contributed by atoms with E-state index in [9.17, 15) is 14.9 Å². The molecule has 0 bridgehead atoms. The molecule has 2 heterocycles. The van der Waals surface area contributed by atoms with Crippen molar-refractivity contribution in [3.63, 3.8) is 0 Å². The number of carbonyl (C=O) groups is 1. The van der Waals surface area contributed by atoms with Gasteiger partial charge in [0.15, 0.2) is 0 Å². The molecule has 186 valence electrons. The molecule has 2 unspecified atom stereocenters. The van der Waals surface area contributed by atoms with Gasteiger partial charge in [0, 0.05) is 55.6 Å². The molecule has 8 heteroatoms. The molecule has 2 aliphatic rings. The van der Waals surface area contributed by atoms with Crippen LogP contribution in [0.2, 0.25) is 5.02 Å². The molecule has 7 nitrogen and oxygen atoms in total. The zero-order chi connectivity index (χ0) is 25.1. The standard InChI is InChI=1S/C28H29ClN4O3/c29-23-8-6-21(7-9-23)18-31-14-15-32-26-11-10-24(33(35)36)16-22(26)17-25(27(32)19-31)28(34)30-13-12-20-4-2-1-3-5-20/h1-11,16,25,27H,12-15,17-19H2,(H,30,34). The second-order valence-electron chi connectivity index (χ2n) is 9.53. The highest BCUT2D eigenvalue weighted by molar-refractivity contribution is 6.30. The number of fused-ring (bicyclic) bond motifs is 3. The van der Waals surface area contributed by atoms with Crippen LogP contribution in [-0.2, 0) is 24.2 Å². The summed E-state index contributed by atoms with van der Waals surface area (Å²) in [5.74, 6) is -0.283. The summed E-state index contributed by atoms with van der Waals surface area (Å²) < 4.78 is 0. The molecule has 1 N–H and O–H groups in total. The minimum absolute atomic E-state index is 0.00303. The van der Waals surface area contributed by atoms with E-state index in [-0.39, 0.29) is 28.5 Å². The number of anilines is 1. The molecule has 0 aromatic heterocycles. The maximum absolute atomic E-state index is 13.5. The fourth-order valence-electron chi connectivity index (χ4n) is 5.38. The molecular formula is C28H29ClN4O3. The first-order valence-electron chi connectivity index (χ1n) is 12.3. The predicted octanol–water partition coefficient (Wildman–Crippen LogP) is 4.47. The quantitative estimate of drug-likeness (QED) is 0.379. The molecular weight excluding hydrogens is 476 g/mol. The zero-order valence-electron chi connectivity index (χ0n) is 20.0. The minimum atomic E-state index is -0.370. The molecule has 0 aliphatic carbocycles. The van der Waals surface area contributed by atoms with E-state index >= 15 is 0 Å². The van der Waals surface area contributed by atoms with E-state index < -0.39 is 0 Å². The molecule has 36 heavy (non-hydrogen) atoms. The maximum Gasteiger partial charge on any atom is 0.269 e. The van der Waals surface area contributed by atoms with Crippen LogP contribution in [0.15, 0.2) is 72.8 Å². The first-order valence-corrected chi connectivity index (χ1v) is 12.7. The summed E-state index contributed by atoms with van der Waals surface area (Å²) in [5, 5.41) is 15.3. The van der Waals surface area contributed by atoms with Gasteiger partial charge in [-0.3, -0.25) is 19.8 Å². The predicted molar refractivity (Wildman–Crippen MR) is 141 cm³/mol. The first kappa shape index (κ1) is 24.3. The number of hydrogen-bond donors (Lipinski definition) is 1. The number of amides is 1. The zero-order valence-corrected chi connectivity index (χ0v) is 20.7. The lowest BCUT2D eigenvalue weighted by atomic mass is 9.83. The Morgan fingerprint density at radius 2 is 1.81 bits per heavy atom. The van der Waals surface area contributed by atoms with Gasteiger partial charge in [0.2, 0.25) is 5.91 Å². The second-order valence-corrected chi connectivity index (χ2v) is 9.97. The van der Waals surface area contributed by atoms with Gasteiger partial charge in [-0.1, -0.05) is 54.1 Å². The van der Waals surface area contributed by atoms with Crippen molar-refractivity contribution in [1.29, 1.82) is 0 Å². The summed E-state index contributed by atoms with van der Waals surface area (Å²) in [4.78, 5) is 29.2. The topological polar surface area (TPSA) is 78.7 Å². The van der Waals surface area contributed by atoms with Gasteiger partial charge in [-0.15, -0.1) is 0 Å². The number of benzene rings is 3. The highest BCUT2D eigenvalue weighted by Crippen LogP contribution is 2.38. The second kappa shape index (κ2) is 10.7. The van der Waals surface area contributed by atoms with Crippen LogP contribution >= 0.6 is 11.6 Å². The van der Waals surface area contributed by atoms with Gasteiger partial charge in [-0.05, 0) is 47.7 Å². The number of nitro benzene ring substituents is 1. The third kappa shape index (κ3) is 5.37. The average Bonchev–Trinajstić information content (AvgIpc) is 2.89. The van der Waals surface area contributed by atoms with Gasteiger partial charge in [-0.2, -0.15) is 0 Å². The van der Waals surface area contributed by atoms with Crippen LogP contribution in [-0.4, -0.2) is 48.0 Å². The van der Waals surface area contributed by atoms with E-state index in [0.29, 0.717) is 18.0 Å². The van der Waals surface area contributed by atoms with Crippen LogP contribution in [0.3, 0.4) is 0 Å². The van der Waals surface area contributed by atoms with Crippen LogP contribution in [0.5, 0.6) is 0 Å². The summed E-state index contributed by atoms with van der Waals surface area (Å²) in [6, 6.07) is 23.0. The third-order valence-corrected chi connectivity index (χ3v) is 7.45. The Bertz CT molecular complexity index is 1240. The van der Waals surface area contributed by atoms with Gasteiger partial charge in [0.05, 0.1) is 16.9 Å².